The van der Waals surface area contributed by atoms with E-state index in [1.54, 1.807) is 4.90 Å². The highest BCUT2D eigenvalue weighted by Crippen LogP contribution is 2.43. The predicted molar refractivity (Wildman–Crippen MR) is 121 cm³/mol. The molecule has 1 amide bonds. The summed E-state index contributed by atoms with van der Waals surface area (Å²) in [6.45, 7) is 0.366. The zero-order valence-electron chi connectivity index (χ0n) is 16.8. The summed E-state index contributed by atoms with van der Waals surface area (Å²) in [5, 5.41) is 13.7. The third-order valence-electron chi connectivity index (χ3n) is 6.36. The van der Waals surface area contributed by atoms with Crippen LogP contribution in [-0.4, -0.2) is 27.4 Å². The Morgan fingerprint density at radius 2 is 1.55 bits per heavy atom. The van der Waals surface area contributed by atoms with Crippen molar-refractivity contribution >= 4 is 34.9 Å². The zero-order chi connectivity index (χ0) is 21.6. The highest BCUT2D eigenvalue weighted by molar-refractivity contribution is 6.30. The van der Waals surface area contributed by atoms with Gasteiger partial charge in [0.1, 0.15) is 5.54 Å². The van der Waals surface area contributed by atoms with E-state index in [-0.39, 0.29) is 5.91 Å². The van der Waals surface area contributed by atoms with Crippen molar-refractivity contribution in [3.63, 3.8) is 0 Å². The molecule has 6 heteroatoms. The normalized spacial score (nSPS) is 16.5. The second kappa shape index (κ2) is 7.43. The molecule has 1 aliphatic carbocycles. The topological polar surface area (TPSA) is 69.6 Å². The van der Waals surface area contributed by atoms with E-state index in [0.717, 1.165) is 34.5 Å². The molecule has 3 aromatic rings. The van der Waals surface area contributed by atoms with Crippen molar-refractivity contribution in [3.8, 4) is 11.1 Å². The molecule has 1 saturated carbocycles. The van der Waals surface area contributed by atoms with E-state index >= 15 is 0 Å². The molecular weight excluding hydrogens is 412 g/mol. The van der Waals surface area contributed by atoms with Crippen molar-refractivity contribution in [2.45, 2.75) is 31.3 Å². The molecule has 31 heavy (non-hydrogen) atoms. The monoisotopic (exact) mass is 432 g/mol. The van der Waals surface area contributed by atoms with E-state index in [2.05, 4.69) is 5.32 Å². The Morgan fingerprint density at radius 3 is 2.13 bits per heavy atom. The summed E-state index contributed by atoms with van der Waals surface area (Å²) in [5.41, 5.74) is 4.28. The van der Waals surface area contributed by atoms with E-state index < -0.39 is 11.5 Å². The highest BCUT2D eigenvalue weighted by atomic mass is 35.5. The minimum Gasteiger partial charge on any atom is -0.479 e. The number of carbonyl (C=O) groups is 2. The Hall–Kier alpha value is -3.31. The number of benzene rings is 3. The molecule has 5 nitrogen and oxygen atoms in total. The molecule has 2 N–H and O–H groups in total. The van der Waals surface area contributed by atoms with Crippen LogP contribution in [0.3, 0.4) is 0 Å². The molecule has 1 aliphatic heterocycles. The summed E-state index contributed by atoms with van der Waals surface area (Å²) in [6.07, 6.45) is 1.89. The standard InChI is InChI=1S/C25H21ClN2O3/c26-19-6-10-21(11-7-19)27-20-8-4-16(5-9-20)17-2-3-18-15-28(23(29)22(18)14-17)25(24(30)31)12-1-13-25/h2-11,14,27H,1,12-13,15H2,(H,30,31). The molecule has 2 aliphatic rings. The van der Waals surface area contributed by atoms with Crippen molar-refractivity contribution in [1.82, 2.24) is 4.90 Å². The Balaban J connectivity index is 1.37. The van der Waals surface area contributed by atoms with Gasteiger partial charge < -0.3 is 15.3 Å². The van der Waals surface area contributed by atoms with Crippen LogP contribution in [0.5, 0.6) is 0 Å². The van der Waals surface area contributed by atoms with Gasteiger partial charge in [0.15, 0.2) is 0 Å². The number of carboxylic acid groups (broad SMARTS) is 1. The molecule has 0 bridgehead atoms. The molecule has 1 fully saturated rings. The van der Waals surface area contributed by atoms with Crippen molar-refractivity contribution in [2.75, 3.05) is 5.32 Å². The van der Waals surface area contributed by atoms with Crippen LogP contribution in [0.25, 0.3) is 11.1 Å². The minimum absolute atomic E-state index is 0.181. The van der Waals surface area contributed by atoms with Crippen LogP contribution >= 0.6 is 11.6 Å². The minimum atomic E-state index is -1.04. The van der Waals surface area contributed by atoms with Crippen LogP contribution in [0.15, 0.2) is 66.7 Å². The molecule has 0 spiro atoms. The van der Waals surface area contributed by atoms with Gasteiger partial charge in [0.05, 0.1) is 0 Å². The Kier molecular flexibility index (Phi) is 4.71. The van der Waals surface area contributed by atoms with Gasteiger partial charge in [-0.15, -0.1) is 0 Å². The number of rotatable bonds is 5. The molecule has 0 unspecified atom stereocenters. The Labute approximate surface area is 185 Å². The molecule has 0 saturated heterocycles. The van der Waals surface area contributed by atoms with E-state index in [4.69, 9.17) is 11.6 Å². The summed E-state index contributed by atoms with van der Waals surface area (Å²) >= 11 is 5.93. The second-order valence-electron chi connectivity index (χ2n) is 8.16. The van der Waals surface area contributed by atoms with Gasteiger partial charge in [0, 0.05) is 28.5 Å². The van der Waals surface area contributed by atoms with Gasteiger partial charge in [-0.25, -0.2) is 4.79 Å². The molecule has 0 radical (unpaired) electrons. The summed E-state index contributed by atoms with van der Waals surface area (Å²) < 4.78 is 0. The van der Waals surface area contributed by atoms with E-state index in [1.165, 1.54) is 0 Å². The summed E-state index contributed by atoms with van der Waals surface area (Å²) in [4.78, 5) is 26.4. The molecule has 0 aromatic heterocycles. The molecule has 0 atom stereocenters. The number of nitrogens with one attached hydrogen (secondary N) is 1. The van der Waals surface area contributed by atoms with Crippen LogP contribution in [-0.2, 0) is 11.3 Å². The van der Waals surface area contributed by atoms with Gasteiger partial charge >= 0.3 is 5.97 Å². The highest BCUT2D eigenvalue weighted by Gasteiger charge is 2.53. The quantitative estimate of drug-likeness (QED) is 0.541. The SMILES string of the molecule is O=C1c2cc(-c3ccc(Nc4ccc(Cl)cc4)cc3)ccc2CN1C1(C(=O)O)CCC1. The van der Waals surface area contributed by atoms with Crippen LogP contribution in [0.2, 0.25) is 5.02 Å². The Bertz CT molecular complexity index is 1170. The van der Waals surface area contributed by atoms with E-state index in [9.17, 15) is 14.7 Å². The number of halogens is 1. The fourth-order valence-corrected chi connectivity index (χ4v) is 4.51. The van der Waals surface area contributed by atoms with Gasteiger partial charge in [0.25, 0.3) is 5.91 Å². The number of amides is 1. The van der Waals surface area contributed by atoms with E-state index in [1.807, 2.05) is 66.7 Å². The fourth-order valence-electron chi connectivity index (χ4n) is 4.38. The molecule has 156 valence electrons. The first-order valence-corrected chi connectivity index (χ1v) is 10.7. The van der Waals surface area contributed by atoms with Crippen LogP contribution < -0.4 is 5.32 Å². The zero-order valence-corrected chi connectivity index (χ0v) is 17.5. The maximum absolute atomic E-state index is 13.0. The predicted octanol–water partition coefficient (Wildman–Crippen LogP) is 5.71. The van der Waals surface area contributed by atoms with Gasteiger partial charge in [0.2, 0.25) is 0 Å². The second-order valence-corrected chi connectivity index (χ2v) is 8.60. The number of nitrogens with zero attached hydrogens (tertiary/aromatic N) is 1. The van der Waals surface area contributed by atoms with Gasteiger partial charge in [-0.2, -0.15) is 0 Å². The number of hydrogen-bond donors (Lipinski definition) is 2. The lowest BCUT2D eigenvalue weighted by molar-refractivity contribution is -0.155. The number of carbonyl (C=O) groups excluding carboxylic acids is 1. The summed E-state index contributed by atoms with van der Waals surface area (Å²) in [7, 11) is 0. The first-order valence-electron chi connectivity index (χ1n) is 10.3. The number of anilines is 2. The lowest BCUT2D eigenvalue weighted by Crippen LogP contribution is -2.59. The molecule has 5 rings (SSSR count). The van der Waals surface area contributed by atoms with E-state index in [0.29, 0.717) is 30.0 Å². The smallest absolute Gasteiger partial charge is 0.329 e. The molecule has 1 heterocycles. The third-order valence-corrected chi connectivity index (χ3v) is 6.61. The summed E-state index contributed by atoms with van der Waals surface area (Å²) in [6, 6.07) is 21.3. The number of aliphatic carboxylic acids is 1. The van der Waals surface area contributed by atoms with Crippen LogP contribution in [0, 0.1) is 0 Å². The van der Waals surface area contributed by atoms with Gasteiger partial charge in [-0.05, 0) is 78.4 Å². The first kappa shape index (κ1) is 19.6. The van der Waals surface area contributed by atoms with Crippen molar-refractivity contribution < 1.29 is 14.7 Å². The average molecular weight is 433 g/mol. The van der Waals surface area contributed by atoms with Gasteiger partial charge in [-0.1, -0.05) is 35.9 Å². The maximum atomic E-state index is 13.0. The van der Waals surface area contributed by atoms with Crippen molar-refractivity contribution in [1.29, 1.82) is 0 Å². The van der Waals surface area contributed by atoms with Crippen LogP contribution in [0.4, 0.5) is 11.4 Å². The number of hydrogen-bond acceptors (Lipinski definition) is 3. The lowest BCUT2D eigenvalue weighted by Gasteiger charge is -2.44. The van der Waals surface area contributed by atoms with Crippen molar-refractivity contribution in [2.24, 2.45) is 0 Å². The first-order chi connectivity index (χ1) is 15.0. The Morgan fingerprint density at radius 1 is 0.935 bits per heavy atom. The third kappa shape index (κ3) is 3.35. The van der Waals surface area contributed by atoms with Crippen LogP contribution in [0.1, 0.15) is 35.2 Å². The number of carboxylic acids is 1. The lowest BCUT2D eigenvalue weighted by atomic mass is 9.75. The maximum Gasteiger partial charge on any atom is 0.329 e. The summed E-state index contributed by atoms with van der Waals surface area (Å²) in [5.74, 6) is -1.08. The van der Waals surface area contributed by atoms with Crippen molar-refractivity contribution in [3.05, 3.63) is 82.9 Å². The molecule has 3 aromatic carbocycles. The molecular formula is C25H21ClN2O3. The number of fused-ring (bicyclic) bond motifs is 1. The fraction of sp³-hybridized carbons (Fsp3) is 0.200. The van der Waals surface area contributed by atoms with Gasteiger partial charge in [-0.3, -0.25) is 4.79 Å². The average Bonchev–Trinajstić information content (AvgIpc) is 3.05. The largest absolute Gasteiger partial charge is 0.479 e.